The van der Waals surface area contributed by atoms with E-state index in [0.29, 0.717) is 11.4 Å². The largest absolute Gasteiger partial charge is 0.477 e. The van der Waals surface area contributed by atoms with E-state index in [4.69, 9.17) is 5.11 Å². The smallest absolute Gasteiger partial charge is 0.354 e. The van der Waals surface area contributed by atoms with Crippen LogP contribution in [0.5, 0.6) is 0 Å². The number of thioether (sulfide) groups is 1. The average Bonchev–Trinajstić information content (AvgIpc) is 2.29. The van der Waals surface area contributed by atoms with Crippen molar-refractivity contribution in [3.8, 4) is 0 Å². The molecule has 0 aliphatic heterocycles. The lowest BCUT2D eigenvalue weighted by Gasteiger charge is -2.01. The van der Waals surface area contributed by atoms with Crippen molar-refractivity contribution in [1.82, 2.24) is 4.98 Å². The summed E-state index contributed by atoms with van der Waals surface area (Å²) >= 11 is 1.33. The lowest BCUT2D eigenvalue weighted by Crippen LogP contribution is -2.05. The Kier molecular flexibility index (Phi) is 4.78. The summed E-state index contributed by atoms with van der Waals surface area (Å²) in [4.78, 5) is 25.4. The summed E-state index contributed by atoms with van der Waals surface area (Å²) in [6, 6.07) is 4.78. The van der Waals surface area contributed by atoms with Crippen molar-refractivity contribution in [1.29, 1.82) is 0 Å². The maximum atomic E-state index is 10.8. The fraction of sp³-hybridized carbons (Fsp3) is 0.300. The van der Waals surface area contributed by atoms with Gasteiger partial charge in [0.1, 0.15) is 5.69 Å². The van der Waals surface area contributed by atoms with Crippen molar-refractivity contribution < 1.29 is 19.4 Å². The molecule has 0 radical (unpaired) electrons. The third-order valence-corrected chi connectivity index (χ3v) is 2.66. The minimum Gasteiger partial charge on any atom is -0.477 e. The number of pyridine rings is 1. The predicted molar refractivity (Wildman–Crippen MR) is 59.4 cm³/mol. The first kappa shape index (κ1) is 12.5. The Morgan fingerprint density at radius 2 is 2.25 bits per heavy atom. The molecule has 0 spiro atoms. The van der Waals surface area contributed by atoms with Gasteiger partial charge in [-0.3, -0.25) is 4.79 Å². The molecular formula is C10H11NO4S. The van der Waals surface area contributed by atoms with Crippen LogP contribution in [0, 0.1) is 0 Å². The Balaban J connectivity index is 2.51. The second-order valence-corrected chi connectivity index (χ2v) is 3.87. The van der Waals surface area contributed by atoms with Crippen LogP contribution in [0.2, 0.25) is 0 Å². The molecule has 1 N–H and O–H groups in total. The van der Waals surface area contributed by atoms with Crippen molar-refractivity contribution in [3.63, 3.8) is 0 Å². The number of carboxylic acids is 1. The molecule has 1 heterocycles. The van der Waals surface area contributed by atoms with Gasteiger partial charge in [-0.15, -0.1) is 11.8 Å². The van der Waals surface area contributed by atoms with Crippen LogP contribution in [0.1, 0.15) is 16.2 Å². The molecular weight excluding hydrogens is 230 g/mol. The number of methoxy groups -OCH3 is 1. The van der Waals surface area contributed by atoms with Crippen LogP contribution in [-0.4, -0.2) is 34.9 Å². The number of hydrogen-bond donors (Lipinski definition) is 1. The fourth-order valence-electron chi connectivity index (χ4n) is 0.977. The van der Waals surface area contributed by atoms with E-state index in [0.717, 1.165) is 0 Å². The molecule has 0 atom stereocenters. The van der Waals surface area contributed by atoms with E-state index >= 15 is 0 Å². The Morgan fingerprint density at radius 1 is 1.50 bits per heavy atom. The van der Waals surface area contributed by atoms with Crippen LogP contribution in [0.15, 0.2) is 18.2 Å². The molecule has 16 heavy (non-hydrogen) atoms. The molecule has 0 unspecified atom stereocenters. The van der Waals surface area contributed by atoms with E-state index in [1.807, 2.05) is 0 Å². The van der Waals surface area contributed by atoms with E-state index in [2.05, 4.69) is 9.72 Å². The van der Waals surface area contributed by atoms with E-state index in [1.54, 1.807) is 12.1 Å². The number of carboxylic acid groups (broad SMARTS) is 1. The molecule has 0 fully saturated rings. The highest BCUT2D eigenvalue weighted by Gasteiger charge is 2.06. The van der Waals surface area contributed by atoms with Crippen molar-refractivity contribution >= 4 is 23.7 Å². The first-order chi connectivity index (χ1) is 7.63. The summed E-state index contributed by atoms with van der Waals surface area (Å²) in [6.45, 7) is 0. The molecule has 0 aromatic carbocycles. The molecule has 86 valence electrons. The number of hydrogen-bond acceptors (Lipinski definition) is 5. The maximum Gasteiger partial charge on any atom is 0.354 e. The van der Waals surface area contributed by atoms with Gasteiger partial charge in [0, 0.05) is 5.75 Å². The van der Waals surface area contributed by atoms with Crippen molar-refractivity contribution in [2.45, 2.75) is 5.75 Å². The fourth-order valence-corrected chi connectivity index (χ4v) is 1.73. The second kappa shape index (κ2) is 6.12. The molecule has 0 bridgehead atoms. The molecule has 0 saturated heterocycles. The molecule has 1 aromatic rings. The van der Waals surface area contributed by atoms with Crippen LogP contribution in [0.25, 0.3) is 0 Å². The van der Waals surface area contributed by atoms with Gasteiger partial charge in [-0.2, -0.15) is 0 Å². The number of nitrogens with zero attached hydrogens (tertiary/aromatic N) is 1. The van der Waals surface area contributed by atoms with Gasteiger partial charge in [-0.1, -0.05) is 6.07 Å². The van der Waals surface area contributed by atoms with Crippen LogP contribution < -0.4 is 0 Å². The number of carbonyl (C=O) groups is 2. The third-order valence-electron chi connectivity index (χ3n) is 1.72. The van der Waals surface area contributed by atoms with Gasteiger partial charge in [0.05, 0.1) is 18.6 Å². The zero-order valence-electron chi connectivity index (χ0n) is 8.67. The zero-order valence-corrected chi connectivity index (χ0v) is 9.49. The van der Waals surface area contributed by atoms with E-state index in [1.165, 1.54) is 24.9 Å². The summed E-state index contributed by atoms with van der Waals surface area (Å²) in [5.74, 6) is -0.648. The number of aromatic nitrogens is 1. The molecule has 0 amide bonds. The molecule has 6 heteroatoms. The Morgan fingerprint density at radius 3 is 2.88 bits per heavy atom. The summed E-state index contributed by atoms with van der Waals surface area (Å²) in [7, 11) is 1.33. The van der Waals surface area contributed by atoms with Gasteiger partial charge >= 0.3 is 11.9 Å². The van der Waals surface area contributed by atoms with E-state index in [9.17, 15) is 9.59 Å². The number of aromatic carboxylic acids is 1. The van der Waals surface area contributed by atoms with Gasteiger partial charge in [-0.25, -0.2) is 9.78 Å². The molecule has 1 rings (SSSR count). The SMILES string of the molecule is COC(=O)CSCc1cccc(C(=O)O)n1. The lowest BCUT2D eigenvalue weighted by molar-refractivity contribution is -0.137. The molecule has 0 aliphatic rings. The number of esters is 1. The average molecular weight is 241 g/mol. The molecule has 0 aliphatic carbocycles. The monoisotopic (exact) mass is 241 g/mol. The zero-order chi connectivity index (χ0) is 12.0. The quantitative estimate of drug-likeness (QED) is 0.780. The Bertz CT molecular complexity index is 394. The Hall–Kier alpha value is -1.56. The van der Waals surface area contributed by atoms with Crippen molar-refractivity contribution in [2.75, 3.05) is 12.9 Å². The summed E-state index contributed by atoms with van der Waals surface area (Å²) in [5.41, 5.74) is 0.643. The molecule has 1 aromatic heterocycles. The first-order valence-electron chi connectivity index (χ1n) is 4.47. The van der Waals surface area contributed by atoms with Crippen LogP contribution in [0.3, 0.4) is 0 Å². The van der Waals surface area contributed by atoms with E-state index < -0.39 is 5.97 Å². The van der Waals surface area contributed by atoms with Crippen LogP contribution in [-0.2, 0) is 15.3 Å². The number of rotatable bonds is 5. The van der Waals surface area contributed by atoms with Gasteiger partial charge in [0.2, 0.25) is 0 Å². The van der Waals surface area contributed by atoms with Gasteiger partial charge in [0.25, 0.3) is 0 Å². The predicted octanol–water partition coefficient (Wildman–Crippen LogP) is 1.19. The first-order valence-corrected chi connectivity index (χ1v) is 5.62. The van der Waals surface area contributed by atoms with E-state index in [-0.39, 0.29) is 17.4 Å². The van der Waals surface area contributed by atoms with Crippen molar-refractivity contribution in [2.24, 2.45) is 0 Å². The summed E-state index contributed by atoms with van der Waals surface area (Å²) < 4.78 is 4.48. The van der Waals surface area contributed by atoms with Crippen LogP contribution in [0.4, 0.5) is 0 Å². The minimum absolute atomic E-state index is 0.0103. The minimum atomic E-state index is -1.06. The normalized spacial score (nSPS) is 9.81. The van der Waals surface area contributed by atoms with Gasteiger partial charge < -0.3 is 9.84 Å². The standard InChI is InChI=1S/C10H11NO4S/c1-15-9(12)6-16-5-7-3-2-4-8(11-7)10(13)14/h2-4H,5-6H2,1H3,(H,13,14). The van der Waals surface area contributed by atoms with Crippen LogP contribution >= 0.6 is 11.8 Å². The topological polar surface area (TPSA) is 76.5 Å². The highest BCUT2D eigenvalue weighted by Crippen LogP contribution is 2.10. The van der Waals surface area contributed by atoms with Gasteiger partial charge in [0.15, 0.2) is 0 Å². The highest BCUT2D eigenvalue weighted by atomic mass is 32.2. The number of ether oxygens (including phenoxy) is 1. The molecule has 0 saturated carbocycles. The summed E-state index contributed by atoms with van der Waals surface area (Å²) in [5, 5.41) is 8.72. The summed E-state index contributed by atoms with van der Waals surface area (Å²) in [6.07, 6.45) is 0. The highest BCUT2D eigenvalue weighted by molar-refractivity contribution is 7.99. The van der Waals surface area contributed by atoms with Crippen molar-refractivity contribution in [3.05, 3.63) is 29.6 Å². The maximum absolute atomic E-state index is 10.8. The third kappa shape index (κ3) is 3.90. The number of carbonyl (C=O) groups excluding carboxylic acids is 1. The second-order valence-electron chi connectivity index (χ2n) is 2.89. The lowest BCUT2D eigenvalue weighted by atomic mass is 10.3. The Labute approximate surface area is 96.8 Å². The molecule has 5 nitrogen and oxygen atoms in total. The van der Waals surface area contributed by atoms with Gasteiger partial charge in [-0.05, 0) is 12.1 Å².